The van der Waals surface area contributed by atoms with E-state index in [4.69, 9.17) is 4.74 Å². The van der Waals surface area contributed by atoms with E-state index in [2.05, 4.69) is 10.6 Å². The molecule has 0 saturated heterocycles. The molecule has 0 spiro atoms. The van der Waals surface area contributed by atoms with Gasteiger partial charge in [0.05, 0.1) is 5.69 Å². The van der Waals surface area contributed by atoms with Crippen molar-refractivity contribution in [3.05, 3.63) is 54.1 Å². The van der Waals surface area contributed by atoms with E-state index in [9.17, 15) is 22.8 Å². The summed E-state index contributed by atoms with van der Waals surface area (Å²) in [5, 5.41) is 5.14. The van der Waals surface area contributed by atoms with Crippen LogP contribution in [0, 0.1) is 0 Å². The van der Waals surface area contributed by atoms with Crippen molar-refractivity contribution in [3.63, 3.8) is 0 Å². The number of anilines is 2. The molecule has 0 heterocycles. The number of rotatable bonds is 6. The minimum Gasteiger partial charge on any atom is -0.482 e. The number of nitrogens with one attached hydrogen (secondary N) is 2. The van der Waals surface area contributed by atoms with Crippen molar-refractivity contribution in [2.75, 3.05) is 17.2 Å². The van der Waals surface area contributed by atoms with Crippen LogP contribution >= 0.6 is 0 Å². The Morgan fingerprint density at radius 2 is 1.77 bits per heavy atom. The van der Waals surface area contributed by atoms with E-state index in [1.807, 2.05) is 0 Å². The first-order valence-electron chi connectivity index (χ1n) is 7.78. The normalized spacial score (nSPS) is 10.9. The molecule has 0 radical (unpaired) electrons. The minimum absolute atomic E-state index is 0.0892. The first-order valence-corrected chi connectivity index (χ1v) is 7.78. The monoisotopic (exact) mass is 366 g/mol. The predicted molar refractivity (Wildman–Crippen MR) is 91.3 cm³/mol. The Bertz CT molecular complexity index is 791. The molecule has 2 rings (SSSR count). The Kier molecular flexibility index (Phi) is 6.21. The Balaban J connectivity index is 2.13. The lowest BCUT2D eigenvalue weighted by Gasteiger charge is -2.14. The molecule has 0 fully saturated rings. The van der Waals surface area contributed by atoms with Crippen LogP contribution < -0.4 is 15.4 Å². The molecule has 0 aliphatic carbocycles. The van der Waals surface area contributed by atoms with Crippen molar-refractivity contribution >= 4 is 23.2 Å². The lowest BCUT2D eigenvalue weighted by atomic mass is 10.1. The van der Waals surface area contributed by atoms with Gasteiger partial charge in [0.15, 0.2) is 6.61 Å². The van der Waals surface area contributed by atoms with Gasteiger partial charge in [-0.3, -0.25) is 9.59 Å². The molecule has 0 aromatic heterocycles. The second-order valence-corrected chi connectivity index (χ2v) is 5.34. The molecule has 8 heteroatoms. The lowest BCUT2D eigenvalue weighted by molar-refractivity contribution is -0.153. The van der Waals surface area contributed by atoms with Crippen LogP contribution in [0.2, 0.25) is 0 Å². The zero-order chi connectivity index (χ0) is 19.2. The summed E-state index contributed by atoms with van der Waals surface area (Å²) in [4.78, 5) is 23.8. The Labute approximate surface area is 148 Å². The molecule has 0 aliphatic heterocycles. The van der Waals surface area contributed by atoms with Gasteiger partial charge in [0.2, 0.25) is 5.91 Å². The predicted octanol–water partition coefficient (Wildman–Crippen LogP) is 4.23. The second-order valence-electron chi connectivity index (χ2n) is 5.34. The average molecular weight is 366 g/mol. The molecular formula is C18H17F3N2O3. The number of alkyl halides is 3. The highest BCUT2D eigenvalue weighted by molar-refractivity contribution is 6.06. The van der Waals surface area contributed by atoms with E-state index in [0.717, 1.165) is 0 Å². The molecule has 0 atom stereocenters. The maximum atomic E-state index is 12.4. The van der Waals surface area contributed by atoms with Crippen LogP contribution in [0.3, 0.4) is 0 Å². The van der Waals surface area contributed by atoms with Gasteiger partial charge in [-0.05, 0) is 30.3 Å². The molecular weight excluding hydrogens is 349 g/mol. The summed E-state index contributed by atoms with van der Waals surface area (Å²) in [6.45, 7) is 0.238. The molecule has 2 aromatic rings. The van der Waals surface area contributed by atoms with E-state index in [-0.39, 0.29) is 22.9 Å². The largest absolute Gasteiger partial charge is 0.482 e. The van der Waals surface area contributed by atoms with Crippen LogP contribution in [-0.4, -0.2) is 24.6 Å². The fourth-order valence-corrected chi connectivity index (χ4v) is 2.04. The summed E-state index contributed by atoms with van der Waals surface area (Å²) in [5.41, 5.74) is 0.806. The smallest absolute Gasteiger partial charge is 0.422 e. The number of amides is 2. The van der Waals surface area contributed by atoms with Crippen molar-refractivity contribution < 1.29 is 27.5 Å². The Morgan fingerprint density at radius 1 is 1.04 bits per heavy atom. The zero-order valence-corrected chi connectivity index (χ0v) is 13.9. The molecule has 2 amide bonds. The first kappa shape index (κ1) is 19.3. The van der Waals surface area contributed by atoms with Crippen LogP contribution in [0.25, 0.3) is 0 Å². The van der Waals surface area contributed by atoms with E-state index in [1.165, 1.54) is 30.3 Å². The van der Waals surface area contributed by atoms with Crippen molar-refractivity contribution in [3.8, 4) is 5.75 Å². The summed E-state index contributed by atoms with van der Waals surface area (Å²) in [6, 6.07) is 12.1. The van der Waals surface area contributed by atoms with Crippen molar-refractivity contribution in [2.24, 2.45) is 0 Å². The number of halogens is 3. The van der Waals surface area contributed by atoms with Gasteiger partial charge < -0.3 is 15.4 Å². The summed E-state index contributed by atoms with van der Waals surface area (Å²) in [5.74, 6) is -0.831. The zero-order valence-electron chi connectivity index (χ0n) is 13.9. The molecule has 0 saturated carbocycles. The molecule has 0 bridgehead atoms. The topological polar surface area (TPSA) is 67.4 Å². The van der Waals surface area contributed by atoms with Crippen LogP contribution in [0.15, 0.2) is 48.5 Å². The summed E-state index contributed by atoms with van der Waals surface area (Å²) < 4.78 is 41.7. The van der Waals surface area contributed by atoms with Crippen molar-refractivity contribution in [1.82, 2.24) is 0 Å². The maximum absolute atomic E-state index is 12.4. The van der Waals surface area contributed by atoms with Crippen LogP contribution in [-0.2, 0) is 4.79 Å². The van der Waals surface area contributed by atoms with Crippen molar-refractivity contribution in [1.29, 1.82) is 0 Å². The summed E-state index contributed by atoms with van der Waals surface area (Å²) in [6.07, 6.45) is -4.19. The highest BCUT2D eigenvalue weighted by Gasteiger charge is 2.28. The van der Waals surface area contributed by atoms with Gasteiger partial charge in [0.1, 0.15) is 5.75 Å². The molecule has 138 valence electrons. The van der Waals surface area contributed by atoms with Crippen LogP contribution in [0.5, 0.6) is 5.75 Å². The molecule has 5 nitrogen and oxygen atoms in total. The van der Waals surface area contributed by atoms with E-state index in [0.29, 0.717) is 12.1 Å². The Hall–Kier alpha value is -3.03. The minimum atomic E-state index is -4.48. The van der Waals surface area contributed by atoms with Crippen molar-refractivity contribution in [2.45, 2.75) is 19.5 Å². The second kappa shape index (κ2) is 8.37. The molecule has 0 aliphatic rings. The number of hydrogen-bond acceptors (Lipinski definition) is 3. The number of hydrogen-bond donors (Lipinski definition) is 2. The molecule has 0 unspecified atom stereocenters. The fraction of sp³-hybridized carbons (Fsp3) is 0.222. The number of ether oxygens (including phenoxy) is 1. The third kappa shape index (κ3) is 5.80. The van der Waals surface area contributed by atoms with E-state index < -0.39 is 18.7 Å². The van der Waals surface area contributed by atoms with Gasteiger partial charge in [0, 0.05) is 17.7 Å². The average Bonchev–Trinajstić information content (AvgIpc) is 2.60. The number of benzene rings is 2. The summed E-state index contributed by atoms with van der Waals surface area (Å²) in [7, 11) is 0. The van der Waals surface area contributed by atoms with E-state index >= 15 is 0 Å². The molecule has 2 N–H and O–H groups in total. The third-order valence-corrected chi connectivity index (χ3v) is 3.26. The molecule has 2 aromatic carbocycles. The van der Waals surface area contributed by atoms with Gasteiger partial charge >= 0.3 is 6.18 Å². The number of carbonyl (C=O) groups is 2. The summed E-state index contributed by atoms with van der Waals surface area (Å²) >= 11 is 0. The fourth-order valence-electron chi connectivity index (χ4n) is 2.04. The highest BCUT2D eigenvalue weighted by Crippen LogP contribution is 2.27. The number of carbonyl (C=O) groups excluding carboxylic acids is 2. The van der Waals surface area contributed by atoms with Gasteiger partial charge in [-0.2, -0.15) is 13.2 Å². The first-order chi connectivity index (χ1) is 12.3. The van der Waals surface area contributed by atoms with Gasteiger partial charge in [-0.15, -0.1) is 0 Å². The van der Waals surface area contributed by atoms with Gasteiger partial charge in [-0.25, -0.2) is 0 Å². The lowest BCUT2D eigenvalue weighted by Crippen LogP contribution is -2.20. The van der Waals surface area contributed by atoms with Gasteiger partial charge in [-0.1, -0.05) is 25.1 Å². The van der Waals surface area contributed by atoms with Crippen LogP contribution in [0.4, 0.5) is 24.5 Å². The quantitative estimate of drug-likeness (QED) is 0.804. The van der Waals surface area contributed by atoms with Crippen LogP contribution in [0.1, 0.15) is 23.7 Å². The standard InChI is InChI=1S/C18H17F3N2O3/c1-2-16(24)22-13-7-5-6-12(10-13)17(25)23-14-8-3-4-9-15(14)26-11-18(19,20)21/h3-10H,2,11H2,1H3,(H,22,24)(H,23,25). The maximum Gasteiger partial charge on any atom is 0.422 e. The van der Waals surface area contributed by atoms with Gasteiger partial charge in [0.25, 0.3) is 5.91 Å². The highest BCUT2D eigenvalue weighted by atomic mass is 19.4. The number of para-hydroxylation sites is 2. The SMILES string of the molecule is CCC(=O)Nc1cccc(C(=O)Nc2ccccc2OCC(F)(F)F)c1. The molecule has 26 heavy (non-hydrogen) atoms. The third-order valence-electron chi connectivity index (χ3n) is 3.26. The van der Waals surface area contributed by atoms with E-state index in [1.54, 1.807) is 25.1 Å². The Morgan fingerprint density at radius 3 is 2.46 bits per heavy atom.